The van der Waals surface area contributed by atoms with Crippen LogP contribution < -0.4 is 10.1 Å². The number of amides is 1. The van der Waals surface area contributed by atoms with Gasteiger partial charge in [-0.1, -0.05) is 18.2 Å². The second-order valence-electron chi connectivity index (χ2n) is 4.34. The molecule has 0 aliphatic heterocycles. The Kier molecular flexibility index (Phi) is 5.35. The molecule has 0 aromatic heterocycles. The summed E-state index contributed by atoms with van der Waals surface area (Å²) >= 11 is 5.35. The lowest BCUT2D eigenvalue weighted by molar-refractivity contribution is -0.124. The van der Waals surface area contributed by atoms with Gasteiger partial charge in [0.05, 0.1) is 12.3 Å². The van der Waals surface area contributed by atoms with Crippen molar-refractivity contribution in [1.29, 1.82) is 0 Å². The van der Waals surface area contributed by atoms with Crippen LogP contribution >= 0.6 is 11.6 Å². The molecule has 2 rings (SSSR count). The number of hydrogen-bond donors (Lipinski definition) is 1. The fourth-order valence-corrected chi connectivity index (χ4v) is 1.76. The molecule has 4 nitrogen and oxygen atoms in total. The van der Waals surface area contributed by atoms with E-state index in [-0.39, 0.29) is 24.0 Å². The summed E-state index contributed by atoms with van der Waals surface area (Å²) in [4.78, 5) is 22.6. The Bertz CT molecular complexity index is 611. The van der Waals surface area contributed by atoms with Gasteiger partial charge >= 0.3 is 0 Å². The zero-order valence-corrected chi connectivity index (χ0v) is 12.0. The first-order valence-electron chi connectivity index (χ1n) is 6.38. The number of Topliss-reactive ketones (excluding diaryl/α,β-unsaturated/α-hetero) is 1. The Labute approximate surface area is 127 Å². The molecule has 0 fully saturated rings. The SMILES string of the molecule is O=C(CCl)CC(=O)Nc1ccc(Oc2ccccc2)cc1. The van der Waals surface area contributed by atoms with Crippen LogP contribution in [0.15, 0.2) is 54.6 Å². The van der Waals surface area contributed by atoms with Gasteiger partial charge in [0.15, 0.2) is 5.78 Å². The molecule has 0 saturated carbocycles. The van der Waals surface area contributed by atoms with E-state index in [4.69, 9.17) is 16.3 Å². The van der Waals surface area contributed by atoms with E-state index >= 15 is 0 Å². The van der Waals surface area contributed by atoms with Gasteiger partial charge in [-0.3, -0.25) is 9.59 Å². The second-order valence-corrected chi connectivity index (χ2v) is 4.60. The molecule has 1 N–H and O–H groups in total. The van der Waals surface area contributed by atoms with Crippen molar-refractivity contribution in [2.45, 2.75) is 6.42 Å². The van der Waals surface area contributed by atoms with Crippen molar-refractivity contribution in [3.8, 4) is 11.5 Å². The van der Waals surface area contributed by atoms with Gasteiger partial charge in [0.1, 0.15) is 11.5 Å². The topological polar surface area (TPSA) is 55.4 Å². The van der Waals surface area contributed by atoms with Gasteiger partial charge in [0.2, 0.25) is 5.91 Å². The van der Waals surface area contributed by atoms with E-state index < -0.39 is 0 Å². The molecular formula is C16H14ClNO3. The van der Waals surface area contributed by atoms with Crippen molar-refractivity contribution in [3.05, 3.63) is 54.6 Å². The Balaban J connectivity index is 1.93. The quantitative estimate of drug-likeness (QED) is 0.655. The molecule has 0 spiro atoms. The number of alkyl halides is 1. The standard InChI is InChI=1S/C16H14ClNO3/c17-11-13(19)10-16(20)18-12-6-8-15(9-7-12)21-14-4-2-1-3-5-14/h1-9H,10-11H2,(H,18,20). The highest BCUT2D eigenvalue weighted by atomic mass is 35.5. The molecule has 0 aliphatic carbocycles. The first-order chi connectivity index (χ1) is 10.2. The summed E-state index contributed by atoms with van der Waals surface area (Å²) in [5, 5.41) is 2.62. The number of benzene rings is 2. The summed E-state index contributed by atoms with van der Waals surface area (Å²) in [5.74, 6) is 0.561. The predicted molar refractivity (Wildman–Crippen MR) is 81.9 cm³/mol. The van der Waals surface area contributed by atoms with Crippen molar-refractivity contribution in [1.82, 2.24) is 0 Å². The maximum Gasteiger partial charge on any atom is 0.231 e. The monoisotopic (exact) mass is 303 g/mol. The maximum atomic E-state index is 11.5. The summed E-state index contributed by atoms with van der Waals surface area (Å²) in [6.45, 7) is 0. The molecular weight excluding hydrogens is 290 g/mol. The zero-order chi connectivity index (χ0) is 15.1. The van der Waals surface area contributed by atoms with Crippen molar-refractivity contribution < 1.29 is 14.3 Å². The molecule has 21 heavy (non-hydrogen) atoms. The van der Waals surface area contributed by atoms with Crippen LogP contribution in [0.2, 0.25) is 0 Å². The molecule has 0 heterocycles. The number of anilines is 1. The van der Waals surface area contributed by atoms with Crippen molar-refractivity contribution in [2.24, 2.45) is 0 Å². The maximum absolute atomic E-state index is 11.5. The fourth-order valence-electron chi connectivity index (χ4n) is 1.66. The minimum Gasteiger partial charge on any atom is -0.457 e. The summed E-state index contributed by atoms with van der Waals surface area (Å²) in [6, 6.07) is 16.3. The average molecular weight is 304 g/mol. The zero-order valence-electron chi connectivity index (χ0n) is 11.2. The molecule has 2 aromatic rings. The number of ketones is 1. The molecule has 0 unspecified atom stereocenters. The van der Waals surface area contributed by atoms with Crippen LogP contribution in [-0.4, -0.2) is 17.6 Å². The predicted octanol–water partition coefficient (Wildman–Crippen LogP) is 3.62. The summed E-state index contributed by atoms with van der Waals surface area (Å²) in [5.41, 5.74) is 0.600. The summed E-state index contributed by atoms with van der Waals surface area (Å²) in [7, 11) is 0. The molecule has 0 atom stereocenters. The Morgan fingerprint density at radius 3 is 2.19 bits per heavy atom. The third kappa shape index (κ3) is 4.93. The first-order valence-corrected chi connectivity index (χ1v) is 6.91. The van der Waals surface area contributed by atoms with E-state index in [1.807, 2.05) is 30.3 Å². The smallest absolute Gasteiger partial charge is 0.231 e. The molecule has 5 heteroatoms. The Hall–Kier alpha value is -2.33. The number of halogens is 1. The van der Waals surface area contributed by atoms with Gasteiger partial charge in [-0.25, -0.2) is 0 Å². The van der Waals surface area contributed by atoms with Crippen molar-refractivity contribution in [2.75, 3.05) is 11.2 Å². The third-order valence-corrected chi connectivity index (χ3v) is 2.92. The molecule has 1 amide bonds. The molecule has 0 saturated heterocycles. The number of carbonyl (C=O) groups is 2. The highest BCUT2D eigenvalue weighted by Crippen LogP contribution is 2.22. The van der Waals surface area contributed by atoms with Gasteiger partial charge in [-0.2, -0.15) is 0 Å². The number of carbonyl (C=O) groups excluding carboxylic acids is 2. The van der Waals surface area contributed by atoms with Crippen LogP contribution in [0.3, 0.4) is 0 Å². The molecule has 0 radical (unpaired) electrons. The van der Waals surface area contributed by atoms with Crippen LogP contribution in [0.4, 0.5) is 5.69 Å². The fraction of sp³-hybridized carbons (Fsp3) is 0.125. The van der Waals surface area contributed by atoms with Crippen molar-refractivity contribution >= 4 is 29.0 Å². The summed E-state index contributed by atoms with van der Waals surface area (Å²) < 4.78 is 5.64. The van der Waals surface area contributed by atoms with E-state index in [0.29, 0.717) is 11.4 Å². The third-order valence-electron chi connectivity index (χ3n) is 2.62. The van der Waals surface area contributed by atoms with Crippen molar-refractivity contribution in [3.63, 3.8) is 0 Å². The highest BCUT2D eigenvalue weighted by molar-refractivity contribution is 6.29. The lowest BCUT2D eigenvalue weighted by Gasteiger charge is -2.07. The lowest BCUT2D eigenvalue weighted by Crippen LogP contribution is -2.16. The Morgan fingerprint density at radius 1 is 0.952 bits per heavy atom. The number of ether oxygens (including phenoxy) is 1. The van der Waals surface area contributed by atoms with Crippen LogP contribution in [0.5, 0.6) is 11.5 Å². The normalized spacial score (nSPS) is 9.95. The van der Waals surface area contributed by atoms with Crippen LogP contribution in [0.25, 0.3) is 0 Å². The van der Waals surface area contributed by atoms with Gasteiger partial charge in [-0.15, -0.1) is 11.6 Å². The number of para-hydroxylation sites is 1. The highest BCUT2D eigenvalue weighted by Gasteiger charge is 2.08. The van der Waals surface area contributed by atoms with E-state index in [9.17, 15) is 9.59 Å². The average Bonchev–Trinajstić information content (AvgIpc) is 2.50. The molecule has 108 valence electrons. The largest absolute Gasteiger partial charge is 0.457 e. The Morgan fingerprint density at radius 2 is 1.57 bits per heavy atom. The van der Waals surface area contributed by atoms with Crippen LogP contribution in [0.1, 0.15) is 6.42 Å². The number of rotatable bonds is 6. The van der Waals surface area contributed by atoms with Gasteiger partial charge in [0, 0.05) is 5.69 Å². The first kappa shape index (κ1) is 15.1. The van der Waals surface area contributed by atoms with E-state index in [1.54, 1.807) is 24.3 Å². The lowest BCUT2D eigenvalue weighted by atomic mass is 10.2. The molecule has 0 bridgehead atoms. The molecule has 2 aromatic carbocycles. The van der Waals surface area contributed by atoms with E-state index in [1.165, 1.54) is 0 Å². The van der Waals surface area contributed by atoms with Crippen LogP contribution in [0, 0.1) is 0 Å². The number of hydrogen-bond acceptors (Lipinski definition) is 3. The minimum atomic E-state index is -0.377. The summed E-state index contributed by atoms with van der Waals surface area (Å²) in [6.07, 6.45) is -0.217. The molecule has 0 aliphatic rings. The van der Waals surface area contributed by atoms with Gasteiger partial charge < -0.3 is 10.1 Å². The number of nitrogens with one attached hydrogen (secondary N) is 1. The van der Waals surface area contributed by atoms with E-state index in [0.717, 1.165) is 5.75 Å². The van der Waals surface area contributed by atoms with Gasteiger partial charge in [0.25, 0.3) is 0 Å². The van der Waals surface area contributed by atoms with E-state index in [2.05, 4.69) is 5.32 Å². The van der Waals surface area contributed by atoms with Crippen LogP contribution in [-0.2, 0) is 9.59 Å². The minimum absolute atomic E-state index is 0.155. The second kappa shape index (κ2) is 7.45. The van der Waals surface area contributed by atoms with Gasteiger partial charge in [-0.05, 0) is 36.4 Å².